The molecule has 2 aliphatic rings. The predicted octanol–water partition coefficient (Wildman–Crippen LogP) is 1.60. The van der Waals surface area contributed by atoms with Crippen LogP contribution in [-0.2, 0) is 4.79 Å². The van der Waals surface area contributed by atoms with Crippen LogP contribution in [0.1, 0.15) is 51.9 Å². The highest BCUT2D eigenvalue weighted by Crippen LogP contribution is 2.41. The number of carbonyl (C=O) groups excluding carboxylic acids is 1. The zero-order valence-corrected chi connectivity index (χ0v) is 11.0. The zero-order chi connectivity index (χ0) is 13.2. The summed E-state index contributed by atoms with van der Waals surface area (Å²) in [6.07, 6.45) is 7.24. The third kappa shape index (κ3) is 2.18. The number of nitrogens with one attached hydrogen (secondary N) is 1. The number of nitrogens with zero attached hydrogens (tertiary/aromatic N) is 1. The van der Waals surface area contributed by atoms with Gasteiger partial charge in [-0.2, -0.15) is 0 Å². The lowest BCUT2D eigenvalue weighted by molar-refractivity contribution is -0.132. The number of hydrogen-bond donors (Lipinski definition) is 3. The second-order valence-electron chi connectivity index (χ2n) is 5.73. The van der Waals surface area contributed by atoms with Crippen LogP contribution < -0.4 is 11.1 Å². The van der Waals surface area contributed by atoms with E-state index in [2.05, 4.69) is 17.4 Å². The van der Waals surface area contributed by atoms with Gasteiger partial charge >= 0.3 is 0 Å². The molecule has 0 aliphatic heterocycles. The van der Waals surface area contributed by atoms with Crippen molar-refractivity contribution in [3.8, 4) is 0 Å². The Kier molecular flexibility index (Phi) is 3.78. The Morgan fingerprint density at radius 2 is 2.00 bits per heavy atom. The molecular formula is C13H23N3O2. The largest absolute Gasteiger partial charge is 0.409 e. The van der Waals surface area contributed by atoms with Crippen LogP contribution in [0.25, 0.3) is 0 Å². The van der Waals surface area contributed by atoms with Gasteiger partial charge in [-0.05, 0) is 38.5 Å². The quantitative estimate of drug-likeness (QED) is 0.308. The third-order valence-electron chi connectivity index (χ3n) is 4.71. The van der Waals surface area contributed by atoms with Gasteiger partial charge in [-0.3, -0.25) is 4.79 Å². The monoisotopic (exact) mass is 253 g/mol. The van der Waals surface area contributed by atoms with Gasteiger partial charge in [0.25, 0.3) is 0 Å². The fourth-order valence-electron chi connectivity index (χ4n) is 3.15. The standard InChI is InChI=1S/C13H23N3O2/c1-9(10-5-2-3-6-10)15-12(17)13(7-4-8-13)11(14)16-18/h9-10,18H,2-8H2,1H3,(H2,14,16)(H,15,17). The van der Waals surface area contributed by atoms with Crippen molar-refractivity contribution in [3.63, 3.8) is 0 Å². The van der Waals surface area contributed by atoms with Crippen molar-refractivity contribution in [2.24, 2.45) is 22.2 Å². The average molecular weight is 253 g/mol. The maximum atomic E-state index is 12.3. The molecule has 0 aromatic rings. The smallest absolute Gasteiger partial charge is 0.234 e. The highest BCUT2D eigenvalue weighted by Gasteiger charge is 2.48. The molecule has 2 saturated carbocycles. The lowest BCUT2D eigenvalue weighted by Gasteiger charge is -2.40. The molecule has 0 saturated heterocycles. The van der Waals surface area contributed by atoms with E-state index in [4.69, 9.17) is 10.9 Å². The van der Waals surface area contributed by atoms with Gasteiger partial charge < -0.3 is 16.3 Å². The molecule has 1 unspecified atom stereocenters. The van der Waals surface area contributed by atoms with Crippen LogP contribution in [0, 0.1) is 11.3 Å². The Bertz CT molecular complexity index is 344. The first-order chi connectivity index (χ1) is 8.60. The third-order valence-corrected chi connectivity index (χ3v) is 4.71. The molecule has 0 bridgehead atoms. The molecule has 5 nitrogen and oxygen atoms in total. The average Bonchev–Trinajstić information content (AvgIpc) is 2.80. The maximum Gasteiger partial charge on any atom is 0.234 e. The predicted molar refractivity (Wildman–Crippen MR) is 69.3 cm³/mol. The summed E-state index contributed by atoms with van der Waals surface area (Å²) in [6.45, 7) is 2.06. The maximum absolute atomic E-state index is 12.3. The zero-order valence-electron chi connectivity index (χ0n) is 11.0. The molecule has 1 atom stereocenters. The topological polar surface area (TPSA) is 87.7 Å². The van der Waals surface area contributed by atoms with E-state index in [1.165, 1.54) is 25.7 Å². The van der Waals surface area contributed by atoms with Crippen molar-refractivity contribution in [2.75, 3.05) is 0 Å². The van der Waals surface area contributed by atoms with Gasteiger partial charge in [0.1, 0.15) is 5.41 Å². The molecule has 0 radical (unpaired) electrons. The van der Waals surface area contributed by atoms with Crippen molar-refractivity contribution in [1.82, 2.24) is 5.32 Å². The molecule has 4 N–H and O–H groups in total. The highest BCUT2D eigenvalue weighted by atomic mass is 16.4. The van der Waals surface area contributed by atoms with Crippen molar-refractivity contribution in [1.29, 1.82) is 0 Å². The van der Waals surface area contributed by atoms with Crippen LogP contribution in [0.3, 0.4) is 0 Å². The summed E-state index contributed by atoms with van der Waals surface area (Å²) < 4.78 is 0. The summed E-state index contributed by atoms with van der Waals surface area (Å²) in [4.78, 5) is 12.3. The van der Waals surface area contributed by atoms with E-state index >= 15 is 0 Å². The minimum absolute atomic E-state index is 0.0601. The van der Waals surface area contributed by atoms with Crippen LogP contribution in [-0.4, -0.2) is 23.0 Å². The summed E-state index contributed by atoms with van der Waals surface area (Å²) in [6, 6.07) is 0.184. The highest BCUT2D eigenvalue weighted by molar-refractivity contribution is 6.07. The summed E-state index contributed by atoms with van der Waals surface area (Å²) in [5.74, 6) is 0.576. The lowest BCUT2D eigenvalue weighted by atomic mass is 9.67. The first kappa shape index (κ1) is 13.2. The Labute approximate surface area is 108 Å². The van der Waals surface area contributed by atoms with Gasteiger partial charge in [0.2, 0.25) is 5.91 Å². The van der Waals surface area contributed by atoms with E-state index in [0.717, 1.165) is 6.42 Å². The van der Waals surface area contributed by atoms with Crippen molar-refractivity contribution < 1.29 is 10.0 Å². The molecule has 2 rings (SSSR count). The second-order valence-corrected chi connectivity index (χ2v) is 5.73. The van der Waals surface area contributed by atoms with Crippen molar-refractivity contribution in [3.05, 3.63) is 0 Å². The van der Waals surface area contributed by atoms with E-state index in [1.807, 2.05) is 0 Å². The Hall–Kier alpha value is -1.26. The van der Waals surface area contributed by atoms with E-state index in [9.17, 15) is 4.79 Å². The number of amidine groups is 1. The lowest BCUT2D eigenvalue weighted by Crippen LogP contribution is -2.56. The molecule has 18 heavy (non-hydrogen) atoms. The molecule has 0 aromatic carbocycles. The molecule has 2 aliphatic carbocycles. The summed E-state index contributed by atoms with van der Waals surface area (Å²) in [7, 11) is 0. The fraction of sp³-hybridized carbons (Fsp3) is 0.846. The SMILES string of the molecule is CC(NC(=O)C1(C(N)=NO)CCC1)C1CCCC1. The number of oxime groups is 1. The normalized spacial score (nSPS) is 25.5. The molecule has 0 aromatic heterocycles. The summed E-state index contributed by atoms with van der Waals surface area (Å²) in [5, 5.41) is 14.9. The fourth-order valence-corrected chi connectivity index (χ4v) is 3.15. The first-order valence-corrected chi connectivity index (χ1v) is 6.89. The van der Waals surface area contributed by atoms with Gasteiger partial charge in [-0.1, -0.05) is 24.4 Å². The van der Waals surface area contributed by atoms with E-state index in [-0.39, 0.29) is 17.8 Å². The number of carbonyl (C=O) groups is 1. The van der Waals surface area contributed by atoms with Gasteiger partial charge in [0.05, 0.1) is 0 Å². The van der Waals surface area contributed by atoms with Gasteiger partial charge in [0.15, 0.2) is 5.84 Å². The molecule has 102 valence electrons. The Morgan fingerprint density at radius 3 is 2.44 bits per heavy atom. The first-order valence-electron chi connectivity index (χ1n) is 6.89. The molecule has 5 heteroatoms. The van der Waals surface area contributed by atoms with Gasteiger partial charge in [-0.15, -0.1) is 0 Å². The molecule has 2 fully saturated rings. The minimum Gasteiger partial charge on any atom is -0.409 e. The number of nitrogens with two attached hydrogens (primary N) is 1. The number of amides is 1. The second kappa shape index (κ2) is 5.16. The molecule has 0 heterocycles. The van der Waals surface area contributed by atoms with Crippen LogP contribution in [0.4, 0.5) is 0 Å². The van der Waals surface area contributed by atoms with Crippen LogP contribution >= 0.6 is 0 Å². The van der Waals surface area contributed by atoms with E-state index in [0.29, 0.717) is 18.8 Å². The molecule has 0 spiro atoms. The van der Waals surface area contributed by atoms with Gasteiger partial charge in [-0.25, -0.2) is 0 Å². The van der Waals surface area contributed by atoms with Crippen LogP contribution in [0.2, 0.25) is 0 Å². The number of hydrogen-bond acceptors (Lipinski definition) is 3. The van der Waals surface area contributed by atoms with Crippen molar-refractivity contribution >= 4 is 11.7 Å². The minimum atomic E-state index is -0.748. The van der Waals surface area contributed by atoms with Crippen LogP contribution in [0.5, 0.6) is 0 Å². The van der Waals surface area contributed by atoms with E-state index < -0.39 is 5.41 Å². The molecular weight excluding hydrogens is 230 g/mol. The van der Waals surface area contributed by atoms with Crippen molar-refractivity contribution in [2.45, 2.75) is 57.9 Å². The summed E-state index contributed by atoms with van der Waals surface area (Å²) in [5.41, 5.74) is 4.93. The number of rotatable bonds is 4. The van der Waals surface area contributed by atoms with E-state index in [1.54, 1.807) is 0 Å². The summed E-state index contributed by atoms with van der Waals surface area (Å²) >= 11 is 0. The molecule has 1 amide bonds. The van der Waals surface area contributed by atoms with Gasteiger partial charge in [0, 0.05) is 6.04 Å². The Morgan fingerprint density at radius 1 is 1.39 bits per heavy atom. The van der Waals surface area contributed by atoms with Crippen LogP contribution in [0.15, 0.2) is 5.16 Å². The Balaban J connectivity index is 1.98.